The Bertz CT molecular complexity index is 278. The van der Waals surface area contributed by atoms with Crippen LogP contribution in [-0.4, -0.2) is 33.0 Å². The summed E-state index contributed by atoms with van der Waals surface area (Å²) in [7, 11) is 0. The van der Waals surface area contributed by atoms with Crippen molar-refractivity contribution in [1.29, 1.82) is 0 Å². The van der Waals surface area contributed by atoms with Gasteiger partial charge in [0.1, 0.15) is 5.60 Å². The van der Waals surface area contributed by atoms with Crippen molar-refractivity contribution in [2.24, 2.45) is 17.8 Å². The highest BCUT2D eigenvalue weighted by Crippen LogP contribution is 2.50. The summed E-state index contributed by atoms with van der Waals surface area (Å²) in [6.07, 6.45) is 1.70. The molecule has 2 aliphatic rings. The van der Waals surface area contributed by atoms with E-state index in [0.29, 0.717) is 18.8 Å². The third-order valence-corrected chi connectivity index (χ3v) is 4.16. The SMILES string of the molecule is C[C@@H]1C[C@@H]2CC[C@@H](O)[C@]2(O)[C@@H](C(=O)O)C1. The topological polar surface area (TPSA) is 77.8 Å². The van der Waals surface area contributed by atoms with Crippen LogP contribution >= 0.6 is 0 Å². The van der Waals surface area contributed by atoms with Gasteiger partial charge in [0.05, 0.1) is 12.0 Å². The van der Waals surface area contributed by atoms with Crippen LogP contribution < -0.4 is 0 Å². The second-order valence-corrected chi connectivity index (χ2v) is 5.14. The zero-order valence-corrected chi connectivity index (χ0v) is 8.89. The molecule has 0 bridgehead atoms. The van der Waals surface area contributed by atoms with Gasteiger partial charge in [0.25, 0.3) is 0 Å². The van der Waals surface area contributed by atoms with Crippen LogP contribution in [0.5, 0.6) is 0 Å². The molecule has 0 aromatic heterocycles. The van der Waals surface area contributed by atoms with E-state index in [1.54, 1.807) is 0 Å². The number of carboxylic acids is 1. The molecule has 2 saturated carbocycles. The van der Waals surface area contributed by atoms with Crippen molar-refractivity contribution in [3.8, 4) is 0 Å². The molecule has 3 N–H and O–H groups in total. The van der Waals surface area contributed by atoms with Crippen LogP contribution in [0.3, 0.4) is 0 Å². The first-order valence-electron chi connectivity index (χ1n) is 5.59. The Kier molecular flexibility index (Phi) is 2.51. The molecular weight excluding hydrogens is 196 g/mol. The standard InChI is InChI=1S/C11H18O4/c1-6-4-7-2-3-9(12)11(7,15)8(5-6)10(13)14/h6-9,12,15H,2-5H2,1H3,(H,13,14)/t6-,7+,8-,9-,11-/m1/s1. The van der Waals surface area contributed by atoms with Gasteiger partial charge in [-0.3, -0.25) is 4.79 Å². The predicted octanol–water partition coefficient (Wildman–Crippen LogP) is 0.619. The van der Waals surface area contributed by atoms with Gasteiger partial charge >= 0.3 is 5.97 Å². The van der Waals surface area contributed by atoms with Crippen molar-refractivity contribution in [2.45, 2.75) is 44.3 Å². The number of rotatable bonds is 1. The molecule has 4 nitrogen and oxygen atoms in total. The van der Waals surface area contributed by atoms with Gasteiger partial charge < -0.3 is 15.3 Å². The Labute approximate surface area is 88.9 Å². The molecule has 2 rings (SSSR count). The molecule has 0 amide bonds. The molecule has 2 aliphatic carbocycles. The minimum atomic E-state index is -1.38. The second-order valence-electron chi connectivity index (χ2n) is 5.14. The van der Waals surface area contributed by atoms with Crippen LogP contribution in [0.15, 0.2) is 0 Å². The monoisotopic (exact) mass is 214 g/mol. The fourth-order valence-electron chi connectivity index (χ4n) is 3.39. The first-order valence-corrected chi connectivity index (χ1v) is 5.59. The predicted molar refractivity (Wildman–Crippen MR) is 53.2 cm³/mol. The Hall–Kier alpha value is -0.610. The van der Waals surface area contributed by atoms with Gasteiger partial charge in [-0.25, -0.2) is 0 Å². The van der Waals surface area contributed by atoms with Gasteiger partial charge in [-0.05, 0) is 37.5 Å². The van der Waals surface area contributed by atoms with Crippen LogP contribution in [0.4, 0.5) is 0 Å². The van der Waals surface area contributed by atoms with E-state index in [-0.39, 0.29) is 5.92 Å². The number of hydrogen-bond donors (Lipinski definition) is 3. The molecule has 0 spiro atoms. The van der Waals surface area contributed by atoms with Gasteiger partial charge in [0.2, 0.25) is 0 Å². The summed E-state index contributed by atoms with van der Waals surface area (Å²) >= 11 is 0. The molecule has 0 unspecified atom stereocenters. The fraction of sp³-hybridized carbons (Fsp3) is 0.909. The maximum Gasteiger partial charge on any atom is 0.309 e. The van der Waals surface area contributed by atoms with Gasteiger partial charge in [-0.15, -0.1) is 0 Å². The lowest BCUT2D eigenvalue weighted by Crippen LogP contribution is -2.56. The first-order chi connectivity index (χ1) is 6.96. The van der Waals surface area contributed by atoms with Crippen molar-refractivity contribution < 1.29 is 20.1 Å². The molecule has 0 radical (unpaired) electrons. The summed E-state index contributed by atoms with van der Waals surface area (Å²) in [5, 5.41) is 29.3. The van der Waals surface area contributed by atoms with Gasteiger partial charge in [0, 0.05) is 0 Å². The number of aliphatic carboxylic acids is 1. The lowest BCUT2D eigenvalue weighted by Gasteiger charge is -2.44. The van der Waals surface area contributed by atoms with Crippen LogP contribution in [-0.2, 0) is 4.79 Å². The number of aliphatic hydroxyl groups excluding tert-OH is 1. The summed E-state index contributed by atoms with van der Waals surface area (Å²) in [5.41, 5.74) is -1.38. The van der Waals surface area contributed by atoms with Crippen molar-refractivity contribution in [3.05, 3.63) is 0 Å². The van der Waals surface area contributed by atoms with E-state index in [4.69, 9.17) is 5.11 Å². The van der Waals surface area contributed by atoms with E-state index in [0.717, 1.165) is 12.8 Å². The lowest BCUT2D eigenvalue weighted by molar-refractivity contribution is -0.178. The van der Waals surface area contributed by atoms with E-state index in [9.17, 15) is 15.0 Å². The smallest absolute Gasteiger partial charge is 0.309 e. The Morgan fingerprint density at radius 1 is 1.33 bits per heavy atom. The van der Waals surface area contributed by atoms with E-state index < -0.39 is 23.6 Å². The molecule has 15 heavy (non-hydrogen) atoms. The molecule has 0 aliphatic heterocycles. The maximum atomic E-state index is 11.1. The summed E-state index contributed by atoms with van der Waals surface area (Å²) in [6.45, 7) is 2.01. The normalized spacial score (nSPS) is 50.1. The summed E-state index contributed by atoms with van der Waals surface area (Å²) in [6, 6.07) is 0. The molecule has 0 aromatic rings. The average Bonchev–Trinajstić information content (AvgIpc) is 2.44. The largest absolute Gasteiger partial charge is 0.481 e. The Balaban J connectivity index is 2.31. The molecule has 86 valence electrons. The zero-order chi connectivity index (χ0) is 11.2. The molecule has 2 fully saturated rings. The van der Waals surface area contributed by atoms with Crippen molar-refractivity contribution in [2.75, 3.05) is 0 Å². The van der Waals surface area contributed by atoms with E-state index in [1.807, 2.05) is 6.92 Å². The Morgan fingerprint density at radius 2 is 2.00 bits per heavy atom. The highest BCUT2D eigenvalue weighted by Gasteiger charge is 2.58. The van der Waals surface area contributed by atoms with Crippen LogP contribution in [0.1, 0.15) is 32.6 Å². The third kappa shape index (κ3) is 1.47. The maximum absolute atomic E-state index is 11.1. The van der Waals surface area contributed by atoms with Crippen molar-refractivity contribution in [3.63, 3.8) is 0 Å². The summed E-state index contributed by atoms with van der Waals surface area (Å²) in [4.78, 5) is 11.1. The van der Waals surface area contributed by atoms with Crippen molar-refractivity contribution >= 4 is 5.97 Å². The molecule has 0 heterocycles. The van der Waals surface area contributed by atoms with Crippen LogP contribution in [0.2, 0.25) is 0 Å². The third-order valence-electron chi connectivity index (χ3n) is 4.16. The van der Waals surface area contributed by atoms with E-state index in [1.165, 1.54) is 0 Å². The highest BCUT2D eigenvalue weighted by molar-refractivity contribution is 5.72. The quantitative estimate of drug-likeness (QED) is 0.598. The first kappa shape index (κ1) is 10.9. The molecule has 0 aromatic carbocycles. The minimum Gasteiger partial charge on any atom is -0.481 e. The average molecular weight is 214 g/mol. The second kappa shape index (κ2) is 3.46. The molecular formula is C11H18O4. The highest BCUT2D eigenvalue weighted by atomic mass is 16.4. The molecule has 5 atom stereocenters. The zero-order valence-electron chi connectivity index (χ0n) is 8.89. The Morgan fingerprint density at radius 3 is 2.60 bits per heavy atom. The number of fused-ring (bicyclic) bond motifs is 1. The number of aliphatic hydroxyl groups is 2. The number of carboxylic acid groups (broad SMARTS) is 1. The fourth-order valence-corrected chi connectivity index (χ4v) is 3.39. The molecule has 4 heteroatoms. The van der Waals surface area contributed by atoms with Crippen molar-refractivity contribution in [1.82, 2.24) is 0 Å². The minimum absolute atomic E-state index is 0.0441. The van der Waals surface area contributed by atoms with E-state index in [2.05, 4.69) is 0 Å². The lowest BCUT2D eigenvalue weighted by atomic mass is 9.66. The van der Waals surface area contributed by atoms with Gasteiger partial charge in [-0.1, -0.05) is 6.92 Å². The number of hydrogen-bond acceptors (Lipinski definition) is 3. The summed E-state index contributed by atoms with van der Waals surface area (Å²) < 4.78 is 0. The van der Waals surface area contributed by atoms with Gasteiger partial charge in [0.15, 0.2) is 0 Å². The molecule has 0 saturated heterocycles. The summed E-state index contributed by atoms with van der Waals surface area (Å²) in [5.74, 6) is -1.50. The van der Waals surface area contributed by atoms with Crippen LogP contribution in [0, 0.1) is 17.8 Å². The van der Waals surface area contributed by atoms with Gasteiger partial charge in [-0.2, -0.15) is 0 Å². The van der Waals surface area contributed by atoms with Crippen LogP contribution in [0.25, 0.3) is 0 Å². The van der Waals surface area contributed by atoms with E-state index >= 15 is 0 Å². The number of carbonyl (C=O) groups is 1.